The van der Waals surface area contributed by atoms with Gasteiger partial charge in [0, 0.05) is 17.4 Å². The molecule has 6 nitrogen and oxygen atoms in total. The average Bonchev–Trinajstić information content (AvgIpc) is 3.20. The van der Waals surface area contributed by atoms with Crippen molar-refractivity contribution >= 4 is 56.5 Å². The van der Waals surface area contributed by atoms with Gasteiger partial charge in [0.25, 0.3) is 5.91 Å². The van der Waals surface area contributed by atoms with Crippen LogP contribution in [-0.4, -0.2) is 29.7 Å². The number of anilines is 2. The molecule has 0 saturated carbocycles. The Morgan fingerprint density at radius 1 is 1.03 bits per heavy atom. The van der Waals surface area contributed by atoms with Crippen LogP contribution in [0.3, 0.4) is 0 Å². The number of carbonyl (C=O) groups is 2. The molecule has 4 rings (SSSR count). The number of amides is 2. The van der Waals surface area contributed by atoms with Gasteiger partial charge in [-0.2, -0.15) is 0 Å². The van der Waals surface area contributed by atoms with E-state index in [0.29, 0.717) is 17.1 Å². The fourth-order valence-corrected chi connectivity index (χ4v) is 4.82. The van der Waals surface area contributed by atoms with Crippen molar-refractivity contribution in [1.29, 1.82) is 0 Å². The predicted molar refractivity (Wildman–Crippen MR) is 126 cm³/mol. The Morgan fingerprint density at radius 2 is 1.84 bits per heavy atom. The third kappa shape index (κ3) is 5.24. The van der Waals surface area contributed by atoms with Gasteiger partial charge >= 0.3 is 0 Å². The van der Waals surface area contributed by atoms with Crippen LogP contribution in [-0.2, 0) is 4.79 Å². The Labute approximate surface area is 191 Å². The number of ether oxygens (including phenoxy) is 1. The Balaban J connectivity index is 1.39. The molecule has 0 fully saturated rings. The molecule has 9 heteroatoms. The molecule has 1 aromatic heterocycles. The smallest absolute Gasteiger partial charge is 0.258 e. The number of benzene rings is 3. The maximum absolute atomic E-state index is 13.8. The molecule has 0 saturated heterocycles. The third-order valence-electron chi connectivity index (χ3n) is 4.43. The summed E-state index contributed by atoms with van der Waals surface area (Å²) < 4.78 is 20.6. The minimum Gasteiger partial charge on any atom is -0.497 e. The van der Waals surface area contributed by atoms with Crippen LogP contribution in [0.4, 0.5) is 15.8 Å². The van der Waals surface area contributed by atoms with Crippen molar-refractivity contribution in [1.82, 2.24) is 4.98 Å². The molecule has 0 aliphatic carbocycles. The molecule has 0 atom stereocenters. The second kappa shape index (κ2) is 9.80. The molecular weight excluding hydrogens is 449 g/mol. The van der Waals surface area contributed by atoms with E-state index in [-0.39, 0.29) is 17.2 Å². The van der Waals surface area contributed by atoms with E-state index >= 15 is 0 Å². The maximum Gasteiger partial charge on any atom is 0.258 e. The largest absolute Gasteiger partial charge is 0.497 e. The first kappa shape index (κ1) is 21.8. The zero-order chi connectivity index (χ0) is 22.5. The molecule has 0 spiro atoms. The van der Waals surface area contributed by atoms with Gasteiger partial charge in [0.05, 0.1) is 28.6 Å². The lowest BCUT2D eigenvalue weighted by Crippen LogP contribution is -2.13. The van der Waals surface area contributed by atoms with E-state index < -0.39 is 11.7 Å². The van der Waals surface area contributed by atoms with Crippen molar-refractivity contribution in [3.8, 4) is 5.75 Å². The van der Waals surface area contributed by atoms with Gasteiger partial charge in [-0.3, -0.25) is 9.59 Å². The number of nitrogens with one attached hydrogen (secondary N) is 2. The first-order valence-electron chi connectivity index (χ1n) is 9.55. The number of nitrogens with zero attached hydrogens (tertiary/aromatic N) is 1. The Hall–Kier alpha value is -3.43. The van der Waals surface area contributed by atoms with Crippen LogP contribution >= 0.6 is 23.1 Å². The molecule has 1 heterocycles. The fourth-order valence-electron chi connectivity index (χ4n) is 2.91. The number of halogens is 1. The molecule has 0 unspecified atom stereocenters. The molecule has 162 valence electrons. The molecule has 32 heavy (non-hydrogen) atoms. The topological polar surface area (TPSA) is 80.3 Å². The summed E-state index contributed by atoms with van der Waals surface area (Å²) in [5.74, 6) is -0.376. The number of fused-ring (bicyclic) bond motifs is 1. The van der Waals surface area contributed by atoms with Crippen molar-refractivity contribution in [3.05, 3.63) is 78.1 Å². The van der Waals surface area contributed by atoms with Gasteiger partial charge < -0.3 is 15.4 Å². The monoisotopic (exact) mass is 467 g/mol. The van der Waals surface area contributed by atoms with Gasteiger partial charge in [0.2, 0.25) is 5.91 Å². The number of aromatic nitrogens is 1. The summed E-state index contributed by atoms with van der Waals surface area (Å²) in [5, 5.41) is 5.54. The van der Waals surface area contributed by atoms with Crippen molar-refractivity contribution in [3.63, 3.8) is 0 Å². The van der Waals surface area contributed by atoms with Crippen molar-refractivity contribution < 1.29 is 18.7 Å². The van der Waals surface area contributed by atoms with Crippen molar-refractivity contribution in [2.24, 2.45) is 0 Å². The number of rotatable bonds is 7. The molecule has 2 N–H and O–H groups in total. The summed E-state index contributed by atoms with van der Waals surface area (Å²) in [7, 11) is 1.57. The number of hydrogen-bond acceptors (Lipinski definition) is 6. The molecule has 0 aliphatic rings. The van der Waals surface area contributed by atoms with E-state index in [1.165, 1.54) is 41.3 Å². The van der Waals surface area contributed by atoms with Crippen LogP contribution < -0.4 is 15.4 Å². The lowest BCUT2D eigenvalue weighted by atomic mass is 10.2. The van der Waals surface area contributed by atoms with Crippen molar-refractivity contribution in [2.45, 2.75) is 4.34 Å². The fraction of sp³-hybridized carbons (Fsp3) is 0.0870. The second-order valence-corrected chi connectivity index (χ2v) is 8.92. The van der Waals surface area contributed by atoms with Crippen LogP contribution in [0.1, 0.15) is 10.4 Å². The molecule has 0 aliphatic heterocycles. The first-order valence-corrected chi connectivity index (χ1v) is 11.4. The number of thiazole rings is 1. The minimum atomic E-state index is -0.574. The van der Waals surface area contributed by atoms with Crippen LogP contribution in [0, 0.1) is 5.82 Å². The summed E-state index contributed by atoms with van der Waals surface area (Å²) in [6.07, 6.45) is 0. The number of thioether (sulfide) groups is 1. The van der Waals surface area contributed by atoms with Crippen LogP contribution in [0.15, 0.2) is 71.1 Å². The third-order valence-corrected chi connectivity index (χ3v) is 6.59. The van der Waals surface area contributed by atoms with Crippen LogP contribution in [0.5, 0.6) is 5.75 Å². The summed E-state index contributed by atoms with van der Waals surface area (Å²) >= 11 is 2.75. The van der Waals surface area contributed by atoms with E-state index in [0.717, 1.165) is 14.6 Å². The van der Waals surface area contributed by atoms with E-state index in [1.807, 2.05) is 0 Å². The highest BCUT2D eigenvalue weighted by molar-refractivity contribution is 8.01. The minimum absolute atomic E-state index is 0.0183. The number of carbonyl (C=O) groups excluding carboxylic acids is 2. The molecule has 4 aromatic rings. The molecule has 0 bridgehead atoms. The van der Waals surface area contributed by atoms with Crippen LogP contribution in [0.25, 0.3) is 10.2 Å². The average molecular weight is 468 g/mol. The van der Waals surface area contributed by atoms with Gasteiger partial charge in [-0.15, -0.1) is 11.3 Å². The molecule has 3 aromatic carbocycles. The highest BCUT2D eigenvalue weighted by Gasteiger charge is 2.13. The summed E-state index contributed by atoms with van der Waals surface area (Å²) in [4.78, 5) is 29.1. The second-order valence-electron chi connectivity index (χ2n) is 6.67. The maximum atomic E-state index is 13.8. The normalized spacial score (nSPS) is 10.7. The Bertz CT molecular complexity index is 1290. The molecule has 0 radical (unpaired) electrons. The SMILES string of the molecule is COc1cccc(NC(=O)CSc2nc3ccc(NC(=O)c4ccccc4F)cc3s2)c1. The zero-order valence-electron chi connectivity index (χ0n) is 16.9. The highest BCUT2D eigenvalue weighted by Crippen LogP contribution is 2.31. The van der Waals surface area contributed by atoms with E-state index in [1.54, 1.807) is 55.6 Å². The number of hydrogen-bond donors (Lipinski definition) is 2. The van der Waals surface area contributed by atoms with Crippen LogP contribution in [0.2, 0.25) is 0 Å². The van der Waals surface area contributed by atoms with E-state index in [9.17, 15) is 14.0 Å². The van der Waals surface area contributed by atoms with Crippen molar-refractivity contribution in [2.75, 3.05) is 23.5 Å². The van der Waals surface area contributed by atoms with Gasteiger partial charge in [0.15, 0.2) is 4.34 Å². The quantitative estimate of drug-likeness (QED) is 0.355. The summed E-state index contributed by atoms with van der Waals surface area (Å²) in [6.45, 7) is 0. The zero-order valence-corrected chi connectivity index (χ0v) is 18.6. The summed E-state index contributed by atoms with van der Waals surface area (Å²) in [6, 6.07) is 18.2. The Morgan fingerprint density at radius 3 is 2.66 bits per heavy atom. The Kier molecular flexibility index (Phi) is 6.67. The first-order chi connectivity index (χ1) is 15.5. The molecular formula is C23H18FN3O3S2. The lowest BCUT2D eigenvalue weighted by molar-refractivity contribution is -0.113. The van der Waals surface area contributed by atoms with Gasteiger partial charge in [-0.1, -0.05) is 30.0 Å². The lowest BCUT2D eigenvalue weighted by Gasteiger charge is -2.06. The van der Waals surface area contributed by atoms with Gasteiger partial charge in [-0.05, 0) is 42.5 Å². The number of methoxy groups -OCH3 is 1. The predicted octanol–water partition coefficient (Wildman–Crippen LogP) is 5.43. The summed E-state index contributed by atoms with van der Waals surface area (Å²) in [5.41, 5.74) is 1.95. The van der Waals surface area contributed by atoms with E-state index in [4.69, 9.17) is 4.74 Å². The molecule has 2 amide bonds. The highest BCUT2D eigenvalue weighted by atomic mass is 32.2. The van der Waals surface area contributed by atoms with Gasteiger partial charge in [0.1, 0.15) is 11.6 Å². The van der Waals surface area contributed by atoms with E-state index in [2.05, 4.69) is 15.6 Å². The van der Waals surface area contributed by atoms with Gasteiger partial charge in [-0.25, -0.2) is 9.37 Å². The standard InChI is InChI=1S/C23H18FN3O3S2/c1-30-16-6-4-5-14(11-16)25-21(28)13-31-23-27-19-10-9-15(12-20(19)32-23)26-22(29)17-7-2-3-8-18(17)24/h2-12H,13H2,1H3,(H,25,28)(H,26,29).